The topological polar surface area (TPSA) is 67.1 Å². The van der Waals surface area contributed by atoms with Gasteiger partial charge >= 0.3 is 0 Å². The fourth-order valence-electron chi connectivity index (χ4n) is 2.89. The number of rotatable bonds is 7. The van der Waals surface area contributed by atoms with Gasteiger partial charge in [0.2, 0.25) is 0 Å². The molecule has 7 heteroatoms. The van der Waals surface area contributed by atoms with E-state index in [-0.39, 0.29) is 0 Å². The summed E-state index contributed by atoms with van der Waals surface area (Å²) in [6, 6.07) is 10.5. The van der Waals surface area contributed by atoms with E-state index in [0.717, 1.165) is 42.0 Å². The average Bonchev–Trinajstić information content (AvgIpc) is 3.26. The van der Waals surface area contributed by atoms with E-state index in [1.165, 1.54) is 10.4 Å². The van der Waals surface area contributed by atoms with Gasteiger partial charge in [0.1, 0.15) is 5.82 Å². The predicted molar refractivity (Wildman–Crippen MR) is 111 cm³/mol. The summed E-state index contributed by atoms with van der Waals surface area (Å²) in [5, 5.41) is 7.79. The molecule has 142 valence electrons. The molecule has 3 rings (SSSR count). The van der Waals surface area contributed by atoms with Crippen molar-refractivity contribution in [3.8, 4) is 0 Å². The number of nitrogens with one attached hydrogen (secondary N) is 2. The van der Waals surface area contributed by atoms with Crippen molar-refractivity contribution in [1.29, 1.82) is 0 Å². The first-order valence-corrected chi connectivity index (χ1v) is 9.88. The van der Waals surface area contributed by atoms with Crippen LogP contribution in [0.25, 0.3) is 0 Å². The molecular weight excluding hydrogens is 356 g/mol. The highest BCUT2D eigenvalue weighted by Gasteiger charge is 2.07. The minimum absolute atomic E-state index is 0.627. The number of hydrogen-bond donors (Lipinski definition) is 2. The number of aromatic nitrogens is 3. The molecule has 0 aliphatic carbocycles. The van der Waals surface area contributed by atoms with Gasteiger partial charge in [-0.2, -0.15) is 0 Å². The summed E-state index contributed by atoms with van der Waals surface area (Å²) in [6.07, 6.45) is 4.86. The van der Waals surface area contributed by atoms with Crippen molar-refractivity contribution < 1.29 is 0 Å². The summed E-state index contributed by atoms with van der Waals surface area (Å²) in [5.74, 6) is 1.76. The van der Waals surface area contributed by atoms with Crippen molar-refractivity contribution in [3.05, 3.63) is 69.7 Å². The lowest BCUT2D eigenvalue weighted by molar-refractivity contribution is 0.634. The second kappa shape index (κ2) is 9.32. The third kappa shape index (κ3) is 5.40. The summed E-state index contributed by atoms with van der Waals surface area (Å²) in [5.41, 5.74) is 2.41. The average molecular weight is 383 g/mol. The molecule has 0 bridgehead atoms. The van der Waals surface area contributed by atoms with E-state index >= 15 is 0 Å². The maximum atomic E-state index is 4.48. The van der Waals surface area contributed by atoms with Gasteiger partial charge in [0.05, 0.1) is 23.8 Å². The SMILES string of the molecule is CN=C(NCc1sc(C)nc1C)NCc1nccn1CCc1ccccc1. The normalized spacial score (nSPS) is 11.6. The Morgan fingerprint density at radius 3 is 2.63 bits per heavy atom. The van der Waals surface area contributed by atoms with Crippen LogP contribution in [0.4, 0.5) is 0 Å². The van der Waals surface area contributed by atoms with Crippen LogP contribution in [0, 0.1) is 13.8 Å². The predicted octanol–water partition coefficient (Wildman–Crippen LogP) is 3.06. The number of aryl methyl sites for hydroxylation is 4. The molecule has 3 aromatic rings. The van der Waals surface area contributed by atoms with Gasteiger partial charge in [0, 0.05) is 30.9 Å². The molecule has 0 radical (unpaired) electrons. The van der Waals surface area contributed by atoms with Crippen LogP contribution in [0.15, 0.2) is 47.7 Å². The lowest BCUT2D eigenvalue weighted by Crippen LogP contribution is -2.37. The van der Waals surface area contributed by atoms with Gasteiger partial charge in [0.25, 0.3) is 0 Å². The second-order valence-corrected chi connectivity index (χ2v) is 7.58. The van der Waals surface area contributed by atoms with E-state index in [0.29, 0.717) is 6.54 Å². The Balaban J connectivity index is 1.51. The summed E-state index contributed by atoms with van der Waals surface area (Å²) in [7, 11) is 1.78. The number of imidazole rings is 1. The van der Waals surface area contributed by atoms with Crippen molar-refractivity contribution in [2.75, 3.05) is 7.05 Å². The molecule has 0 spiro atoms. The molecule has 2 N–H and O–H groups in total. The highest BCUT2D eigenvalue weighted by atomic mass is 32.1. The maximum absolute atomic E-state index is 4.48. The molecule has 0 amide bonds. The van der Waals surface area contributed by atoms with Crippen LogP contribution in [-0.4, -0.2) is 27.5 Å². The molecule has 0 unspecified atom stereocenters. The highest BCUT2D eigenvalue weighted by molar-refractivity contribution is 7.11. The van der Waals surface area contributed by atoms with E-state index in [4.69, 9.17) is 0 Å². The smallest absolute Gasteiger partial charge is 0.191 e. The Morgan fingerprint density at radius 1 is 1.15 bits per heavy atom. The first-order valence-electron chi connectivity index (χ1n) is 9.07. The standard InChI is InChI=1S/C20H26N6S/c1-15-18(27-16(2)25-15)13-23-20(21-3)24-14-19-22-10-12-26(19)11-9-17-7-5-4-6-8-17/h4-8,10,12H,9,11,13-14H2,1-3H3,(H2,21,23,24). The van der Waals surface area contributed by atoms with Crippen molar-refractivity contribution >= 4 is 17.3 Å². The third-order valence-electron chi connectivity index (χ3n) is 4.34. The Hall–Kier alpha value is -2.67. The number of guanidine groups is 1. The zero-order valence-electron chi connectivity index (χ0n) is 16.1. The van der Waals surface area contributed by atoms with Crippen LogP contribution in [-0.2, 0) is 26.1 Å². The molecule has 0 saturated carbocycles. The summed E-state index contributed by atoms with van der Waals surface area (Å²) in [6.45, 7) is 6.33. The lowest BCUT2D eigenvalue weighted by atomic mass is 10.1. The van der Waals surface area contributed by atoms with E-state index in [1.54, 1.807) is 18.4 Å². The van der Waals surface area contributed by atoms with Crippen LogP contribution >= 0.6 is 11.3 Å². The molecule has 27 heavy (non-hydrogen) atoms. The zero-order chi connectivity index (χ0) is 19.1. The quantitative estimate of drug-likeness (QED) is 0.487. The van der Waals surface area contributed by atoms with Gasteiger partial charge in [-0.1, -0.05) is 30.3 Å². The Morgan fingerprint density at radius 2 is 1.93 bits per heavy atom. The Kier molecular flexibility index (Phi) is 6.59. The minimum Gasteiger partial charge on any atom is -0.351 e. The first-order chi connectivity index (χ1) is 13.2. The fraction of sp³-hybridized carbons (Fsp3) is 0.350. The van der Waals surface area contributed by atoms with Crippen molar-refractivity contribution in [1.82, 2.24) is 25.2 Å². The summed E-state index contributed by atoms with van der Waals surface area (Å²) in [4.78, 5) is 14.5. The van der Waals surface area contributed by atoms with Gasteiger partial charge in [-0.25, -0.2) is 9.97 Å². The van der Waals surface area contributed by atoms with Crippen LogP contribution in [0.5, 0.6) is 0 Å². The van der Waals surface area contributed by atoms with Gasteiger partial charge in [-0.05, 0) is 25.8 Å². The molecule has 0 aliphatic rings. The van der Waals surface area contributed by atoms with Crippen molar-refractivity contribution in [3.63, 3.8) is 0 Å². The van der Waals surface area contributed by atoms with Gasteiger partial charge in [0.15, 0.2) is 5.96 Å². The van der Waals surface area contributed by atoms with Gasteiger partial charge in [-0.3, -0.25) is 4.99 Å². The van der Waals surface area contributed by atoms with Crippen LogP contribution in [0.2, 0.25) is 0 Å². The fourth-order valence-corrected chi connectivity index (χ4v) is 3.77. The summed E-state index contributed by atoms with van der Waals surface area (Å²) < 4.78 is 2.18. The molecule has 0 fully saturated rings. The van der Waals surface area contributed by atoms with Gasteiger partial charge in [-0.15, -0.1) is 11.3 Å². The molecule has 6 nitrogen and oxygen atoms in total. The number of aliphatic imine (C=N–C) groups is 1. The second-order valence-electron chi connectivity index (χ2n) is 6.29. The number of benzene rings is 1. The van der Waals surface area contributed by atoms with Crippen molar-refractivity contribution in [2.24, 2.45) is 4.99 Å². The first kappa shape index (κ1) is 19.1. The monoisotopic (exact) mass is 382 g/mol. The molecule has 0 aliphatic heterocycles. The Bertz CT molecular complexity index is 881. The van der Waals surface area contributed by atoms with Crippen LogP contribution < -0.4 is 10.6 Å². The van der Waals surface area contributed by atoms with E-state index in [9.17, 15) is 0 Å². The molecule has 1 aromatic carbocycles. The lowest BCUT2D eigenvalue weighted by Gasteiger charge is -2.13. The van der Waals surface area contributed by atoms with E-state index in [1.807, 2.05) is 32.3 Å². The zero-order valence-corrected chi connectivity index (χ0v) is 16.9. The maximum Gasteiger partial charge on any atom is 0.191 e. The Labute approximate surface area is 164 Å². The number of thiazole rings is 1. The van der Waals surface area contributed by atoms with Crippen molar-refractivity contribution in [2.45, 2.75) is 39.9 Å². The minimum atomic E-state index is 0.627. The molecule has 0 atom stereocenters. The van der Waals surface area contributed by atoms with Gasteiger partial charge < -0.3 is 15.2 Å². The molecule has 2 heterocycles. The summed E-state index contributed by atoms with van der Waals surface area (Å²) >= 11 is 1.72. The third-order valence-corrected chi connectivity index (χ3v) is 5.41. The van der Waals surface area contributed by atoms with E-state index in [2.05, 4.69) is 54.4 Å². The van der Waals surface area contributed by atoms with Crippen LogP contribution in [0.3, 0.4) is 0 Å². The molecule has 0 saturated heterocycles. The number of nitrogens with zero attached hydrogens (tertiary/aromatic N) is 4. The largest absolute Gasteiger partial charge is 0.351 e. The molecule has 2 aromatic heterocycles. The molecular formula is C20H26N6S. The van der Waals surface area contributed by atoms with E-state index < -0.39 is 0 Å². The number of hydrogen-bond acceptors (Lipinski definition) is 4. The highest BCUT2D eigenvalue weighted by Crippen LogP contribution is 2.16. The van der Waals surface area contributed by atoms with Crippen LogP contribution in [0.1, 0.15) is 27.0 Å².